The molecule has 90 valence electrons. The minimum atomic E-state index is 0.523. The summed E-state index contributed by atoms with van der Waals surface area (Å²) in [6.07, 6.45) is 3.45. The van der Waals surface area contributed by atoms with Crippen molar-refractivity contribution in [3.05, 3.63) is 63.9 Å². The predicted octanol–water partition coefficient (Wildman–Crippen LogP) is 3.06. The Hall–Kier alpha value is -1.87. The Labute approximate surface area is 110 Å². The normalized spacial score (nSPS) is 15.9. The summed E-state index contributed by atoms with van der Waals surface area (Å²) in [6.45, 7) is 0. The molecule has 0 fully saturated rings. The second kappa shape index (κ2) is 4.42. The van der Waals surface area contributed by atoms with E-state index in [1.165, 1.54) is 0 Å². The number of fused-ring (bicyclic) bond motifs is 2. The molecule has 1 heterocycles. The molecule has 1 N–H and O–H groups in total. The summed E-state index contributed by atoms with van der Waals surface area (Å²) in [6, 6.07) is 9.53. The van der Waals surface area contributed by atoms with Gasteiger partial charge < -0.3 is 5.21 Å². The van der Waals surface area contributed by atoms with Crippen LogP contribution in [0.5, 0.6) is 0 Å². The van der Waals surface area contributed by atoms with Gasteiger partial charge in [-0.25, -0.2) is 0 Å². The lowest BCUT2D eigenvalue weighted by Crippen LogP contribution is -2.08. The monoisotopic (exact) mass is 258 g/mol. The lowest BCUT2D eigenvalue weighted by molar-refractivity contribution is 0.319. The van der Waals surface area contributed by atoms with E-state index >= 15 is 0 Å². The topological polar surface area (TPSA) is 45.5 Å². The molecule has 18 heavy (non-hydrogen) atoms. The summed E-state index contributed by atoms with van der Waals surface area (Å²) in [4.78, 5) is 4.33. The van der Waals surface area contributed by atoms with E-state index in [1.807, 2.05) is 24.3 Å². The zero-order valence-corrected chi connectivity index (χ0v) is 10.4. The summed E-state index contributed by atoms with van der Waals surface area (Å²) in [5.74, 6) is 0. The number of pyridine rings is 1. The van der Waals surface area contributed by atoms with Gasteiger partial charge in [-0.3, -0.25) is 4.98 Å². The first-order chi connectivity index (χ1) is 8.79. The van der Waals surface area contributed by atoms with Gasteiger partial charge in [0.25, 0.3) is 0 Å². The van der Waals surface area contributed by atoms with Gasteiger partial charge in [-0.05, 0) is 42.2 Å². The molecule has 0 unspecified atom stereocenters. The van der Waals surface area contributed by atoms with Gasteiger partial charge in [0.15, 0.2) is 0 Å². The van der Waals surface area contributed by atoms with Crippen LogP contribution in [0.15, 0.2) is 41.7 Å². The first-order valence-electron chi connectivity index (χ1n) is 5.74. The first kappa shape index (κ1) is 11.2. The van der Waals surface area contributed by atoms with Gasteiger partial charge in [-0.15, -0.1) is 0 Å². The number of hydrogen-bond acceptors (Lipinski definition) is 3. The standard InChI is InChI=1S/C14H11ClN2O/c15-11-5-6-12-10(8-11)4-3-9-2-1-7-16-13(9)14(12)17-18/h1-2,5-8,18H,3-4H2/b17-14-. The molecule has 1 aliphatic carbocycles. The van der Waals surface area contributed by atoms with Crippen LogP contribution >= 0.6 is 11.6 Å². The van der Waals surface area contributed by atoms with Crippen molar-refractivity contribution < 1.29 is 5.21 Å². The molecule has 4 heteroatoms. The Bertz CT molecular complexity index is 637. The first-order valence-corrected chi connectivity index (χ1v) is 6.12. The lowest BCUT2D eigenvalue weighted by atomic mass is 10.0. The Balaban J connectivity index is 2.25. The average molecular weight is 259 g/mol. The fourth-order valence-electron chi connectivity index (χ4n) is 2.35. The van der Waals surface area contributed by atoms with Crippen molar-refractivity contribution in [1.29, 1.82) is 0 Å². The number of nitrogens with zero attached hydrogens (tertiary/aromatic N) is 2. The van der Waals surface area contributed by atoms with Crippen LogP contribution in [0, 0.1) is 0 Å². The molecule has 3 nitrogen and oxygen atoms in total. The molecule has 0 amide bonds. The third-order valence-corrected chi connectivity index (χ3v) is 3.44. The maximum absolute atomic E-state index is 9.29. The largest absolute Gasteiger partial charge is 0.410 e. The van der Waals surface area contributed by atoms with Crippen LogP contribution in [-0.4, -0.2) is 15.9 Å². The van der Waals surface area contributed by atoms with E-state index in [0.717, 1.165) is 35.2 Å². The van der Waals surface area contributed by atoms with Gasteiger partial charge in [0.05, 0.1) is 5.69 Å². The van der Waals surface area contributed by atoms with E-state index in [0.29, 0.717) is 10.7 Å². The van der Waals surface area contributed by atoms with Crippen molar-refractivity contribution in [2.24, 2.45) is 5.16 Å². The summed E-state index contributed by atoms with van der Waals surface area (Å²) < 4.78 is 0. The van der Waals surface area contributed by atoms with Gasteiger partial charge in [-0.1, -0.05) is 28.9 Å². The number of halogens is 1. The average Bonchev–Trinajstić information content (AvgIpc) is 2.55. The van der Waals surface area contributed by atoms with Crippen molar-refractivity contribution in [3.63, 3.8) is 0 Å². The molecule has 0 atom stereocenters. The number of benzene rings is 1. The molecular weight excluding hydrogens is 248 g/mol. The number of rotatable bonds is 0. The molecule has 1 aromatic carbocycles. The summed E-state index contributed by atoms with van der Waals surface area (Å²) in [7, 11) is 0. The third-order valence-electron chi connectivity index (χ3n) is 3.20. The minimum Gasteiger partial charge on any atom is -0.410 e. The van der Waals surface area contributed by atoms with E-state index in [4.69, 9.17) is 11.6 Å². The molecule has 1 aliphatic rings. The lowest BCUT2D eigenvalue weighted by Gasteiger charge is -2.07. The van der Waals surface area contributed by atoms with Crippen LogP contribution in [0.3, 0.4) is 0 Å². The third kappa shape index (κ3) is 1.77. The maximum Gasteiger partial charge on any atom is 0.136 e. The van der Waals surface area contributed by atoms with Crippen molar-refractivity contribution in [2.45, 2.75) is 12.8 Å². The van der Waals surface area contributed by atoms with Crippen LogP contribution in [0.1, 0.15) is 22.4 Å². The Morgan fingerprint density at radius 2 is 2.00 bits per heavy atom. The van der Waals surface area contributed by atoms with E-state index in [2.05, 4.69) is 10.1 Å². The van der Waals surface area contributed by atoms with Crippen molar-refractivity contribution >= 4 is 17.3 Å². The summed E-state index contributed by atoms with van der Waals surface area (Å²) in [5, 5.41) is 13.4. The van der Waals surface area contributed by atoms with Crippen LogP contribution < -0.4 is 0 Å². The highest BCUT2D eigenvalue weighted by Gasteiger charge is 2.21. The molecule has 0 aliphatic heterocycles. The highest BCUT2D eigenvalue weighted by molar-refractivity contribution is 6.31. The highest BCUT2D eigenvalue weighted by Crippen LogP contribution is 2.25. The van der Waals surface area contributed by atoms with E-state index in [-0.39, 0.29) is 0 Å². The molecule has 0 saturated heterocycles. The van der Waals surface area contributed by atoms with Gasteiger partial charge in [0, 0.05) is 16.8 Å². The Kier molecular flexibility index (Phi) is 2.76. The smallest absolute Gasteiger partial charge is 0.136 e. The van der Waals surface area contributed by atoms with Gasteiger partial charge >= 0.3 is 0 Å². The second-order valence-corrected chi connectivity index (χ2v) is 4.70. The molecule has 3 rings (SSSR count). The minimum absolute atomic E-state index is 0.523. The van der Waals surface area contributed by atoms with Crippen molar-refractivity contribution in [1.82, 2.24) is 4.98 Å². The number of oxime groups is 1. The molecule has 0 spiro atoms. The summed E-state index contributed by atoms with van der Waals surface area (Å²) in [5.41, 5.74) is 4.36. The predicted molar refractivity (Wildman–Crippen MR) is 70.5 cm³/mol. The van der Waals surface area contributed by atoms with Gasteiger partial charge in [0.1, 0.15) is 5.71 Å². The molecule has 0 saturated carbocycles. The van der Waals surface area contributed by atoms with Crippen LogP contribution in [0.4, 0.5) is 0 Å². The SMILES string of the molecule is O/N=C1/c2ccc(Cl)cc2CCc2cccnc21. The molecule has 0 radical (unpaired) electrons. The Morgan fingerprint density at radius 1 is 1.17 bits per heavy atom. The fraction of sp³-hybridized carbons (Fsp3) is 0.143. The summed E-state index contributed by atoms with van der Waals surface area (Å²) >= 11 is 6.01. The van der Waals surface area contributed by atoms with Crippen LogP contribution in [0.2, 0.25) is 5.02 Å². The molecule has 1 aromatic heterocycles. The van der Waals surface area contributed by atoms with Crippen molar-refractivity contribution in [3.8, 4) is 0 Å². The zero-order chi connectivity index (χ0) is 12.5. The van der Waals surface area contributed by atoms with Gasteiger partial charge in [0.2, 0.25) is 0 Å². The second-order valence-electron chi connectivity index (χ2n) is 4.26. The zero-order valence-electron chi connectivity index (χ0n) is 9.60. The van der Waals surface area contributed by atoms with Gasteiger partial charge in [-0.2, -0.15) is 0 Å². The number of aromatic nitrogens is 1. The molecule has 0 bridgehead atoms. The van der Waals surface area contributed by atoms with E-state index in [9.17, 15) is 5.21 Å². The Morgan fingerprint density at radius 3 is 2.83 bits per heavy atom. The highest BCUT2D eigenvalue weighted by atomic mass is 35.5. The van der Waals surface area contributed by atoms with Crippen LogP contribution in [0.25, 0.3) is 0 Å². The fourth-order valence-corrected chi connectivity index (χ4v) is 2.55. The quantitative estimate of drug-likeness (QED) is 0.583. The maximum atomic E-state index is 9.29. The number of hydrogen-bond donors (Lipinski definition) is 1. The van der Waals surface area contributed by atoms with Crippen LogP contribution in [-0.2, 0) is 12.8 Å². The van der Waals surface area contributed by atoms with E-state index in [1.54, 1.807) is 12.3 Å². The van der Waals surface area contributed by atoms with Crippen molar-refractivity contribution in [2.75, 3.05) is 0 Å². The van der Waals surface area contributed by atoms with E-state index < -0.39 is 0 Å². The number of aryl methyl sites for hydroxylation is 2. The molecular formula is C14H11ClN2O. The molecule has 2 aromatic rings.